The summed E-state index contributed by atoms with van der Waals surface area (Å²) in [6.45, 7) is 4.25. The standard InChI is InChI=1S/C22H43N3S/c1-4-5-6-7-8-9-10-11-12-13-14-15-16-17-18-19-20-26-22-23-21(2)24-25(22)3/h4-20H2,1-3H3. The minimum Gasteiger partial charge on any atom is -0.244 e. The van der Waals surface area contributed by atoms with E-state index < -0.39 is 0 Å². The van der Waals surface area contributed by atoms with Crippen LogP contribution < -0.4 is 0 Å². The molecule has 0 unspecified atom stereocenters. The molecular weight excluding hydrogens is 338 g/mol. The van der Waals surface area contributed by atoms with Gasteiger partial charge in [0.1, 0.15) is 5.82 Å². The van der Waals surface area contributed by atoms with Gasteiger partial charge in [-0.15, -0.1) is 0 Å². The first kappa shape index (κ1) is 23.5. The van der Waals surface area contributed by atoms with Gasteiger partial charge in [0.25, 0.3) is 0 Å². The highest BCUT2D eigenvalue weighted by molar-refractivity contribution is 7.99. The van der Waals surface area contributed by atoms with Gasteiger partial charge in [-0.2, -0.15) is 5.10 Å². The molecule has 0 bridgehead atoms. The van der Waals surface area contributed by atoms with Gasteiger partial charge in [0.15, 0.2) is 5.16 Å². The highest BCUT2D eigenvalue weighted by Crippen LogP contribution is 2.18. The summed E-state index contributed by atoms with van der Waals surface area (Å²) in [5.41, 5.74) is 0. The van der Waals surface area contributed by atoms with E-state index >= 15 is 0 Å². The Labute approximate surface area is 167 Å². The van der Waals surface area contributed by atoms with Crippen molar-refractivity contribution in [3.8, 4) is 0 Å². The number of unbranched alkanes of at least 4 members (excludes halogenated alkanes) is 15. The molecule has 0 atom stereocenters. The fourth-order valence-corrected chi connectivity index (χ4v) is 4.39. The number of hydrogen-bond donors (Lipinski definition) is 0. The zero-order chi connectivity index (χ0) is 18.9. The second kappa shape index (κ2) is 16.6. The van der Waals surface area contributed by atoms with Gasteiger partial charge in [-0.25, -0.2) is 9.67 Å². The van der Waals surface area contributed by atoms with Crippen LogP contribution in [0.4, 0.5) is 0 Å². The van der Waals surface area contributed by atoms with Crippen LogP contribution >= 0.6 is 11.8 Å². The molecule has 26 heavy (non-hydrogen) atoms. The van der Waals surface area contributed by atoms with Crippen molar-refractivity contribution in [3.63, 3.8) is 0 Å². The second-order valence-electron chi connectivity index (χ2n) is 7.72. The normalized spacial score (nSPS) is 11.3. The third-order valence-electron chi connectivity index (χ3n) is 5.06. The smallest absolute Gasteiger partial charge is 0.186 e. The zero-order valence-electron chi connectivity index (χ0n) is 17.8. The molecule has 1 heterocycles. The summed E-state index contributed by atoms with van der Waals surface area (Å²) in [7, 11) is 1.98. The Morgan fingerprint density at radius 2 is 1.12 bits per heavy atom. The molecule has 0 saturated heterocycles. The van der Waals surface area contributed by atoms with E-state index in [1.54, 1.807) is 0 Å². The Kier molecular flexibility index (Phi) is 15.1. The molecule has 0 fully saturated rings. The summed E-state index contributed by atoms with van der Waals surface area (Å²) in [4.78, 5) is 4.44. The maximum atomic E-state index is 4.44. The zero-order valence-corrected chi connectivity index (χ0v) is 18.6. The van der Waals surface area contributed by atoms with E-state index in [0.717, 1.165) is 11.0 Å². The summed E-state index contributed by atoms with van der Waals surface area (Å²) in [6.07, 6.45) is 22.9. The number of aryl methyl sites for hydroxylation is 2. The van der Waals surface area contributed by atoms with E-state index in [1.807, 2.05) is 30.4 Å². The van der Waals surface area contributed by atoms with Gasteiger partial charge in [-0.3, -0.25) is 0 Å². The van der Waals surface area contributed by atoms with Gasteiger partial charge in [0.2, 0.25) is 0 Å². The van der Waals surface area contributed by atoms with Crippen LogP contribution in [-0.4, -0.2) is 20.5 Å². The predicted octanol–water partition coefficient (Wildman–Crippen LogP) is 7.48. The van der Waals surface area contributed by atoms with Crippen molar-refractivity contribution in [2.24, 2.45) is 7.05 Å². The van der Waals surface area contributed by atoms with Gasteiger partial charge in [-0.05, 0) is 13.3 Å². The molecule has 0 aliphatic carbocycles. The van der Waals surface area contributed by atoms with Gasteiger partial charge < -0.3 is 0 Å². The van der Waals surface area contributed by atoms with E-state index in [2.05, 4.69) is 17.0 Å². The quantitative estimate of drug-likeness (QED) is 0.195. The highest BCUT2D eigenvalue weighted by Gasteiger charge is 2.03. The molecule has 0 aliphatic heterocycles. The van der Waals surface area contributed by atoms with E-state index in [4.69, 9.17) is 0 Å². The Balaban J connectivity index is 1.74. The van der Waals surface area contributed by atoms with Crippen LogP contribution in [0.2, 0.25) is 0 Å². The maximum Gasteiger partial charge on any atom is 0.186 e. The van der Waals surface area contributed by atoms with Crippen molar-refractivity contribution >= 4 is 11.8 Å². The molecule has 152 valence electrons. The maximum absolute atomic E-state index is 4.44. The van der Waals surface area contributed by atoms with E-state index in [-0.39, 0.29) is 0 Å². The summed E-state index contributed by atoms with van der Waals surface area (Å²) in [5.74, 6) is 2.05. The predicted molar refractivity (Wildman–Crippen MR) is 116 cm³/mol. The van der Waals surface area contributed by atoms with Gasteiger partial charge >= 0.3 is 0 Å². The Morgan fingerprint density at radius 3 is 1.50 bits per heavy atom. The first-order valence-electron chi connectivity index (χ1n) is 11.2. The van der Waals surface area contributed by atoms with Crippen molar-refractivity contribution < 1.29 is 0 Å². The molecule has 0 aromatic carbocycles. The van der Waals surface area contributed by atoms with Crippen LogP contribution in [-0.2, 0) is 7.05 Å². The summed E-state index contributed by atoms with van der Waals surface area (Å²) < 4.78 is 1.90. The molecule has 3 nitrogen and oxygen atoms in total. The fraction of sp³-hybridized carbons (Fsp3) is 0.909. The average molecular weight is 382 g/mol. The van der Waals surface area contributed by atoms with Crippen LogP contribution in [0.25, 0.3) is 0 Å². The monoisotopic (exact) mass is 381 g/mol. The van der Waals surface area contributed by atoms with Crippen molar-refractivity contribution in [1.82, 2.24) is 14.8 Å². The Hall–Kier alpha value is -0.510. The van der Waals surface area contributed by atoms with Crippen LogP contribution in [0, 0.1) is 6.92 Å². The van der Waals surface area contributed by atoms with Crippen LogP contribution in [0.5, 0.6) is 0 Å². The molecule has 0 aliphatic rings. The Morgan fingerprint density at radius 1 is 0.692 bits per heavy atom. The van der Waals surface area contributed by atoms with E-state index in [0.29, 0.717) is 0 Å². The lowest BCUT2D eigenvalue weighted by Crippen LogP contribution is -1.93. The highest BCUT2D eigenvalue weighted by atomic mass is 32.2. The third-order valence-corrected chi connectivity index (χ3v) is 6.16. The molecule has 4 heteroatoms. The van der Waals surface area contributed by atoms with Crippen LogP contribution in [0.1, 0.15) is 115 Å². The SMILES string of the molecule is CCCCCCCCCCCCCCCCCCSc1nc(C)nn1C. The largest absolute Gasteiger partial charge is 0.244 e. The van der Waals surface area contributed by atoms with Gasteiger partial charge in [0, 0.05) is 12.8 Å². The topological polar surface area (TPSA) is 30.7 Å². The minimum atomic E-state index is 0.877. The first-order valence-corrected chi connectivity index (χ1v) is 12.2. The lowest BCUT2D eigenvalue weighted by molar-refractivity contribution is 0.531. The Bertz CT molecular complexity index is 431. The van der Waals surface area contributed by atoms with E-state index in [1.165, 1.54) is 108 Å². The third kappa shape index (κ3) is 12.8. The molecule has 1 rings (SSSR count). The lowest BCUT2D eigenvalue weighted by Gasteiger charge is -2.03. The van der Waals surface area contributed by atoms with Crippen molar-refractivity contribution in [3.05, 3.63) is 5.82 Å². The number of nitrogens with zero attached hydrogens (tertiary/aromatic N) is 3. The lowest BCUT2D eigenvalue weighted by atomic mass is 10.0. The molecular formula is C22H43N3S. The van der Waals surface area contributed by atoms with Crippen molar-refractivity contribution in [2.45, 2.75) is 122 Å². The van der Waals surface area contributed by atoms with E-state index in [9.17, 15) is 0 Å². The number of rotatable bonds is 18. The summed E-state index contributed by atoms with van der Waals surface area (Å²) in [6, 6.07) is 0. The molecule has 1 aromatic rings. The molecule has 1 aromatic heterocycles. The van der Waals surface area contributed by atoms with Crippen molar-refractivity contribution in [1.29, 1.82) is 0 Å². The van der Waals surface area contributed by atoms with Crippen molar-refractivity contribution in [2.75, 3.05) is 5.75 Å². The number of thioether (sulfide) groups is 1. The molecule has 0 spiro atoms. The average Bonchev–Trinajstić information content (AvgIpc) is 2.95. The molecule has 0 amide bonds. The fourth-order valence-electron chi connectivity index (χ4n) is 3.43. The number of aromatic nitrogens is 3. The summed E-state index contributed by atoms with van der Waals surface area (Å²) in [5, 5.41) is 5.35. The van der Waals surface area contributed by atoms with Gasteiger partial charge in [-0.1, -0.05) is 115 Å². The molecule has 0 N–H and O–H groups in total. The van der Waals surface area contributed by atoms with Gasteiger partial charge in [0.05, 0.1) is 0 Å². The van der Waals surface area contributed by atoms with Crippen LogP contribution in [0.15, 0.2) is 5.16 Å². The van der Waals surface area contributed by atoms with Crippen LogP contribution in [0.3, 0.4) is 0 Å². The first-order chi connectivity index (χ1) is 12.7. The second-order valence-corrected chi connectivity index (χ2v) is 8.78. The molecule has 0 radical (unpaired) electrons. The minimum absolute atomic E-state index is 0.877. The molecule has 0 saturated carbocycles. The number of hydrogen-bond acceptors (Lipinski definition) is 3. The summed E-state index contributed by atoms with van der Waals surface area (Å²) >= 11 is 1.84.